The molecule has 17 heavy (non-hydrogen) atoms. The predicted molar refractivity (Wildman–Crippen MR) is 64.0 cm³/mol. The lowest BCUT2D eigenvalue weighted by Crippen LogP contribution is -2.26. The Hall–Kier alpha value is -1.93. The third-order valence-corrected chi connectivity index (χ3v) is 2.33. The average molecular weight is 232 g/mol. The Balaban J connectivity index is 2.37. The summed E-state index contributed by atoms with van der Waals surface area (Å²) in [5, 5.41) is 12.0. The second-order valence-corrected chi connectivity index (χ2v) is 3.84. The van der Waals surface area contributed by atoms with E-state index in [4.69, 9.17) is 5.26 Å². The van der Waals surface area contributed by atoms with Crippen LogP contribution < -0.4 is 5.32 Å². The van der Waals surface area contributed by atoms with Crippen molar-refractivity contribution < 1.29 is 4.79 Å². The number of rotatable bonds is 5. The van der Waals surface area contributed by atoms with E-state index in [2.05, 4.69) is 10.3 Å². The molecular weight excluding hydrogens is 216 g/mol. The maximum Gasteiger partial charge on any atom is 0.223 e. The van der Waals surface area contributed by atoms with Crippen LogP contribution in [0.1, 0.15) is 17.7 Å². The van der Waals surface area contributed by atoms with Crippen LogP contribution in [0.15, 0.2) is 18.3 Å². The van der Waals surface area contributed by atoms with Gasteiger partial charge in [-0.05, 0) is 6.07 Å². The molecule has 0 fully saturated rings. The molecule has 0 radical (unpaired) electrons. The standard InChI is InChI=1S/C12H16N4O/c1-16(2)12(17)5-7-14-9-10-4-3-6-15-11(10)8-13/h3-4,6,14H,5,7,9H2,1-2H3. The van der Waals surface area contributed by atoms with E-state index in [0.29, 0.717) is 25.2 Å². The molecule has 0 spiro atoms. The van der Waals surface area contributed by atoms with E-state index in [-0.39, 0.29) is 5.91 Å². The molecule has 5 heteroatoms. The van der Waals surface area contributed by atoms with Gasteiger partial charge in [0, 0.05) is 45.4 Å². The molecule has 1 rings (SSSR count). The van der Waals surface area contributed by atoms with E-state index >= 15 is 0 Å². The first-order valence-electron chi connectivity index (χ1n) is 5.40. The smallest absolute Gasteiger partial charge is 0.223 e. The Labute approximate surface area is 101 Å². The Bertz CT molecular complexity index is 423. The van der Waals surface area contributed by atoms with E-state index in [1.807, 2.05) is 12.1 Å². The largest absolute Gasteiger partial charge is 0.349 e. The van der Waals surface area contributed by atoms with Crippen molar-refractivity contribution in [2.24, 2.45) is 0 Å². The van der Waals surface area contributed by atoms with Gasteiger partial charge in [-0.2, -0.15) is 5.26 Å². The van der Waals surface area contributed by atoms with Crippen LogP contribution in [0.3, 0.4) is 0 Å². The maximum atomic E-state index is 11.3. The van der Waals surface area contributed by atoms with Crippen molar-refractivity contribution in [3.05, 3.63) is 29.6 Å². The van der Waals surface area contributed by atoms with Crippen LogP contribution in [-0.4, -0.2) is 36.4 Å². The van der Waals surface area contributed by atoms with Crippen molar-refractivity contribution in [2.45, 2.75) is 13.0 Å². The van der Waals surface area contributed by atoms with Crippen LogP contribution in [-0.2, 0) is 11.3 Å². The molecule has 90 valence electrons. The predicted octanol–water partition coefficient (Wildman–Crippen LogP) is 0.521. The number of hydrogen-bond donors (Lipinski definition) is 1. The normalized spacial score (nSPS) is 9.71. The highest BCUT2D eigenvalue weighted by Gasteiger charge is 2.04. The van der Waals surface area contributed by atoms with Crippen molar-refractivity contribution in [3.8, 4) is 6.07 Å². The molecule has 1 N–H and O–H groups in total. The number of carbonyl (C=O) groups is 1. The van der Waals surface area contributed by atoms with Gasteiger partial charge < -0.3 is 10.2 Å². The number of amides is 1. The van der Waals surface area contributed by atoms with Gasteiger partial charge in [-0.15, -0.1) is 0 Å². The highest BCUT2D eigenvalue weighted by atomic mass is 16.2. The summed E-state index contributed by atoms with van der Waals surface area (Å²) in [7, 11) is 3.47. The minimum absolute atomic E-state index is 0.0872. The van der Waals surface area contributed by atoms with Crippen molar-refractivity contribution >= 4 is 5.91 Å². The Morgan fingerprint density at radius 2 is 2.35 bits per heavy atom. The van der Waals surface area contributed by atoms with Gasteiger partial charge in [0.05, 0.1) is 0 Å². The van der Waals surface area contributed by atoms with E-state index in [0.717, 1.165) is 5.56 Å². The first kappa shape index (κ1) is 13.1. The summed E-state index contributed by atoms with van der Waals surface area (Å²) >= 11 is 0. The molecule has 0 aliphatic carbocycles. The molecule has 0 saturated carbocycles. The molecule has 0 aromatic carbocycles. The number of nitriles is 1. The number of nitrogens with one attached hydrogen (secondary N) is 1. The SMILES string of the molecule is CN(C)C(=O)CCNCc1cccnc1C#N. The molecule has 5 nitrogen and oxygen atoms in total. The van der Waals surface area contributed by atoms with E-state index < -0.39 is 0 Å². The van der Waals surface area contributed by atoms with Crippen LogP contribution in [0.2, 0.25) is 0 Å². The van der Waals surface area contributed by atoms with Gasteiger partial charge in [0.25, 0.3) is 0 Å². The van der Waals surface area contributed by atoms with Gasteiger partial charge in [0.15, 0.2) is 0 Å². The first-order valence-corrected chi connectivity index (χ1v) is 5.40. The van der Waals surface area contributed by atoms with E-state index in [9.17, 15) is 4.79 Å². The Morgan fingerprint density at radius 1 is 1.59 bits per heavy atom. The summed E-state index contributed by atoms with van der Waals surface area (Å²) < 4.78 is 0. The van der Waals surface area contributed by atoms with Crippen LogP contribution in [0.4, 0.5) is 0 Å². The fraction of sp³-hybridized carbons (Fsp3) is 0.417. The number of pyridine rings is 1. The zero-order valence-electron chi connectivity index (χ0n) is 10.1. The lowest BCUT2D eigenvalue weighted by Gasteiger charge is -2.10. The third kappa shape index (κ3) is 4.21. The molecule has 1 aromatic rings. The molecular formula is C12H16N4O. The van der Waals surface area contributed by atoms with Crippen molar-refractivity contribution in [2.75, 3.05) is 20.6 Å². The maximum absolute atomic E-state index is 11.3. The number of aromatic nitrogens is 1. The van der Waals surface area contributed by atoms with Gasteiger partial charge in [0.1, 0.15) is 11.8 Å². The number of hydrogen-bond acceptors (Lipinski definition) is 4. The van der Waals surface area contributed by atoms with E-state index in [1.54, 1.807) is 31.3 Å². The van der Waals surface area contributed by atoms with Gasteiger partial charge in [-0.25, -0.2) is 4.98 Å². The number of carbonyl (C=O) groups excluding carboxylic acids is 1. The average Bonchev–Trinajstić information content (AvgIpc) is 2.34. The van der Waals surface area contributed by atoms with Gasteiger partial charge in [0.2, 0.25) is 5.91 Å². The van der Waals surface area contributed by atoms with E-state index in [1.165, 1.54) is 0 Å². The third-order valence-electron chi connectivity index (χ3n) is 2.33. The molecule has 1 aromatic heterocycles. The summed E-state index contributed by atoms with van der Waals surface area (Å²) in [5.74, 6) is 0.0872. The molecule has 1 amide bonds. The fourth-order valence-corrected chi connectivity index (χ4v) is 1.32. The topological polar surface area (TPSA) is 69.0 Å². The molecule has 0 bridgehead atoms. The van der Waals surface area contributed by atoms with Crippen LogP contribution in [0.25, 0.3) is 0 Å². The van der Waals surface area contributed by atoms with Crippen LogP contribution >= 0.6 is 0 Å². The lowest BCUT2D eigenvalue weighted by atomic mass is 10.2. The molecule has 0 atom stereocenters. The zero-order chi connectivity index (χ0) is 12.7. The monoisotopic (exact) mass is 232 g/mol. The van der Waals surface area contributed by atoms with Crippen LogP contribution in [0.5, 0.6) is 0 Å². The highest BCUT2D eigenvalue weighted by Crippen LogP contribution is 2.02. The summed E-state index contributed by atoms with van der Waals surface area (Å²) in [5.41, 5.74) is 1.28. The Kier molecular flexibility index (Phi) is 5.11. The molecule has 0 aliphatic heterocycles. The minimum Gasteiger partial charge on any atom is -0.349 e. The highest BCUT2D eigenvalue weighted by molar-refractivity contribution is 5.75. The number of nitrogens with zero attached hydrogens (tertiary/aromatic N) is 3. The quantitative estimate of drug-likeness (QED) is 0.751. The van der Waals surface area contributed by atoms with Crippen molar-refractivity contribution in [3.63, 3.8) is 0 Å². The lowest BCUT2D eigenvalue weighted by molar-refractivity contribution is -0.128. The second kappa shape index (κ2) is 6.61. The van der Waals surface area contributed by atoms with Gasteiger partial charge in [-0.3, -0.25) is 4.79 Å². The second-order valence-electron chi connectivity index (χ2n) is 3.84. The van der Waals surface area contributed by atoms with Crippen LogP contribution in [0, 0.1) is 11.3 Å². The van der Waals surface area contributed by atoms with Crippen molar-refractivity contribution in [1.29, 1.82) is 5.26 Å². The molecule has 0 aliphatic rings. The zero-order valence-corrected chi connectivity index (χ0v) is 10.1. The fourth-order valence-electron chi connectivity index (χ4n) is 1.32. The van der Waals surface area contributed by atoms with Gasteiger partial charge in [-0.1, -0.05) is 6.07 Å². The first-order chi connectivity index (χ1) is 8.15. The molecule has 0 saturated heterocycles. The summed E-state index contributed by atoms with van der Waals surface area (Å²) in [4.78, 5) is 16.8. The summed E-state index contributed by atoms with van der Waals surface area (Å²) in [6, 6.07) is 5.69. The van der Waals surface area contributed by atoms with Gasteiger partial charge >= 0.3 is 0 Å². The minimum atomic E-state index is 0.0872. The molecule has 0 unspecified atom stereocenters. The van der Waals surface area contributed by atoms with Crippen molar-refractivity contribution in [1.82, 2.24) is 15.2 Å². The summed E-state index contributed by atoms with van der Waals surface area (Å²) in [6.07, 6.45) is 2.05. The Morgan fingerprint density at radius 3 is 3.00 bits per heavy atom. The molecule has 1 heterocycles. The summed E-state index contributed by atoms with van der Waals surface area (Å²) in [6.45, 7) is 1.15.